The van der Waals surface area contributed by atoms with Gasteiger partial charge in [0.2, 0.25) is 0 Å². The SMILES string of the molecule is CSc1ccccc1C(N)=NO. The Balaban J connectivity index is 3.13. The molecule has 0 spiro atoms. The van der Waals surface area contributed by atoms with E-state index in [1.807, 2.05) is 30.5 Å². The minimum atomic E-state index is 0.153. The molecule has 0 amide bonds. The van der Waals surface area contributed by atoms with Crippen LogP contribution in [0.25, 0.3) is 0 Å². The molecule has 0 aromatic heterocycles. The molecule has 0 heterocycles. The molecule has 0 bridgehead atoms. The normalized spacial score (nSPS) is 11.6. The van der Waals surface area contributed by atoms with E-state index in [0.29, 0.717) is 0 Å². The maximum absolute atomic E-state index is 8.46. The van der Waals surface area contributed by atoms with E-state index in [2.05, 4.69) is 5.16 Å². The molecular weight excluding hydrogens is 172 g/mol. The average molecular weight is 182 g/mol. The number of benzene rings is 1. The summed E-state index contributed by atoms with van der Waals surface area (Å²) in [6, 6.07) is 7.52. The highest BCUT2D eigenvalue weighted by Gasteiger charge is 2.03. The number of amidine groups is 1. The van der Waals surface area contributed by atoms with E-state index in [9.17, 15) is 0 Å². The molecule has 0 fully saturated rings. The lowest BCUT2D eigenvalue weighted by Crippen LogP contribution is -2.13. The molecule has 4 heteroatoms. The van der Waals surface area contributed by atoms with Crippen molar-refractivity contribution in [3.05, 3.63) is 29.8 Å². The van der Waals surface area contributed by atoms with Crippen LogP contribution in [0.1, 0.15) is 5.56 Å². The van der Waals surface area contributed by atoms with Gasteiger partial charge in [-0.1, -0.05) is 23.4 Å². The molecule has 1 aromatic carbocycles. The first kappa shape index (κ1) is 8.93. The van der Waals surface area contributed by atoms with Gasteiger partial charge in [0.1, 0.15) is 0 Å². The van der Waals surface area contributed by atoms with Crippen LogP contribution in [0.15, 0.2) is 34.3 Å². The molecule has 1 aromatic rings. The molecule has 0 saturated heterocycles. The van der Waals surface area contributed by atoms with Gasteiger partial charge in [0, 0.05) is 10.5 Å². The minimum Gasteiger partial charge on any atom is -0.409 e. The van der Waals surface area contributed by atoms with Gasteiger partial charge in [-0.25, -0.2) is 0 Å². The molecule has 0 aliphatic carbocycles. The molecule has 0 unspecified atom stereocenters. The lowest BCUT2D eigenvalue weighted by atomic mass is 10.2. The fraction of sp³-hybridized carbons (Fsp3) is 0.125. The van der Waals surface area contributed by atoms with Crippen molar-refractivity contribution in [2.24, 2.45) is 10.9 Å². The van der Waals surface area contributed by atoms with Gasteiger partial charge in [-0.05, 0) is 12.3 Å². The average Bonchev–Trinajstić information content (AvgIpc) is 2.16. The maximum atomic E-state index is 8.46. The van der Waals surface area contributed by atoms with Gasteiger partial charge in [-0.15, -0.1) is 11.8 Å². The van der Waals surface area contributed by atoms with Gasteiger partial charge in [0.05, 0.1) is 0 Å². The molecule has 12 heavy (non-hydrogen) atoms. The second kappa shape index (κ2) is 4.01. The van der Waals surface area contributed by atoms with Crippen molar-refractivity contribution in [2.75, 3.05) is 6.26 Å². The van der Waals surface area contributed by atoms with E-state index in [-0.39, 0.29) is 5.84 Å². The van der Waals surface area contributed by atoms with E-state index in [4.69, 9.17) is 10.9 Å². The molecule has 0 aliphatic heterocycles. The number of rotatable bonds is 2. The summed E-state index contributed by atoms with van der Waals surface area (Å²) in [5.41, 5.74) is 6.23. The summed E-state index contributed by atoms with van der Waals surface area (Å²) in [7, 11) is 0. The molecule has 1 rings (SSSR count). The lowest BCUT2D eigenvalue weighted by Gasteiger charge is -2.03. The van der Waals surface area contributed by atoms with Crippen LogP contribution in [-0.2, 0) is 0 Å². The quantitative estimate of drug-likeness (QED) is 0.239. The molecular formula is C8H10N2OS. The maximum Gasteiger partial charge on any atom is 0.171 e. The number of thioether (sulfide) groups is 1. The lowest BCUT2D eigenvalue weighted by molar-refractivity contribution is 0.318. The van der Waals surface area contributed by atoms with E-state index >= 15 is 0 Å². The Kier molecular flexibility index (Phi) is 2.99. The van der Waals surface area contributed by atoms with Crippen molar-refractivity contribution in [3.63, 3.8) is 0 Å². The zero-order valence-corrected chi connectivity index (χ0v) is 7.51. The zero-order chi connectivity index (χ0) is 8.97. The predicted octanol–water partition coefficient (Wildman–Crippen LogP) is 1.50. The van der Waals surface area contributed by atoms with Gasteiger partial charge < -0.3 is 10.9 Å². The van der Waals surface area contributed by atoms with Crippen LogP contribution < -0.4 is 5.73 Å². The number of nitrogens with two attached hydrogens (primary N) is 1. The summed E-state index contributed by atoms with van der Waals surface area (Å²) in [6.45, 7) is 0. The van der Waals surface area contributed by atoms with E-state index < -0.39 is 0 Å². The number of hydrogen-bond donors (Lipinski definition) is 2. The van der Waals surface area contributed by atoms with Crippen LogP contribution in [0.2, 0.25) is 0 Å². The Bertz CT molecular complexity index is 299. The smallest absolute Gasteiger partial charge is 0.171 e. The number of oxime groups is 1. The second-order valence-electron chi connectivity index (χ2n) is 2.19. The van der Waals surface area contributed by atoms with Gasteiger partial charge in [0.15, 0.2) is 5.84 Å². The van der Waals surface area contributed by atoms with Gasteiger partial charge in [0.25, 0.3) is 0 Å². The van der Waals surface area contributed by atoms with Crippen molar-refractivity contribution in [1.82, 2.24) is 0 Å². The predicted molar refractivity (Wildman–Crippen MR) is 50.7 cm³/mol. The van der Waals surface area contributed by atoms with Crippen LogP contribution in [0, 0.1) is 0 Å². The van der Waals surface area contributed by atoms with Crippen LogP contribution in [0.5, 0.6) is 0 Å². The first-order valence-corrected chi connectivity index (χ1v) is 4.63. The van der Waals surface area contributed by atoms with Crippen LogP contribution in [0.3, 0.4) is 0 Å². The summed E-state index contributed by atoms with van der Waals surface area (Å²) in [4.78, 5) is 1.01. The van der Waals surface area contributed by atoms with Crippen LogP contribution >= 0.6 is 11.8 Å². The number of hydrogen-bond acceptors (Lipinski definition) is 3. The third-order valence-electron chi connectivity index (χ3n) is 1.49. The standard InChI is InChI=1S/C8H10N2OS/c1-12-7-5-3-2-4-6(7)8(9)10-11/h2-5,11H,1H3,(H2,9,10). The van der Waals surface area contributed by atoms with Gasteiger partial charge in [-0.3, -0.25) is 0 Å². The molecule has 0 aliphatic rings. The first-order chi connectivity index (χ1) is 5.79. The highest BCUT2D eigenvalue weighted by atomic mass is 32.2. The Morgan fingerprint density at radius 3 is 2.75 bits per heavy atom. The first-order valence-electron chi connectivity index (χ1n) is 3.40. The van der Waals surface area contributed by atoms with Crippen molar-refractivity contribution in [1.29, 1.82) is 0 Å². The van der Waals surface area contributed by atoms with Crippen molar-refractivity contribution >= 4 is 17.6 Å². The minimum absolute atomic E-state index is 0.153. The zero-order valence-electron chi connectivity index (χ0n) is 6.69. The fourth-order valence-corrected chi connectivity index (χ4v) is 1.52. The molecule has 0 atom stereocenters. The van der Waals surface area contributed by atoms with Gasteiger partial charge >= 0.3 is 0 Å². The molecule has 0 saturated carbocycles. The summed E-state index contributed by atoms with van der Waals surface area (Å²) in [5, 5.41) is 11.4. The Morgan fingerprint density at radius 2 is 2.17 bits per heavy atom. The molecule has 0 radical (unpaired) electrons. The molecule has 64 valence electrons. The third-order valence-corrected chi connectivity index (χ3v) is 2.29. The summed E-state index contributed by atoms with van der Waals surface area (Å²) in [6.07, 6.45) is 1.95. The van der Waals surface area contributed by atoms with Crippen molar-refractivity contribution in [2.45, 2.75) is 4.90 Å². The van der Waals surface area contributed by atoms with Crippen molar-refractivity contribution in [3.8, 4) is 0 Å². The largest absolute Gasteiger partial charge is 0.409 e. The van der Waals surface area contributed by atoms with Crippen molar-refractivity contribution < 1.29 is 5.21 Å². The van der Waals surface area contributed by atoms with Crippen LogP contribution in [0.4, 0.5) is 0 Å². The van der Waals surface area contributed by atoms with E-state index in [0.717, 1.165) is 10.5 Å². The topological polar surface area (TPSA) is 58.6 Å². The molecule has 3 nitrogen and oxygen atoms in total. The van der Waals surface area contributed by atoms with E-state index in [1.54, 1.807) is 11.8 Å². The van der Waals surface area contributed by atoms with Gasteiger partial charge in [-0.2, -0.15) is 0 Å². The van der Waals surface area contributed by atoms with E-state index in [1.165, 1.54) is 0 Å². The molecule has 3 N–H and O–H groups in total. The second-order valence-corrected chi connectivity index (χ2v) is 3.03. The summed E-state index contributed by atoms with van der Waals surface area (Å²) >= 11 is 1.57. The highest BCUT2D eigenvalue weighted by Crippen LogP contribution is 2.19. The Labute approximate surface area is 75.3 Å². The van der Waals surface area contributed by atoms with Crippen LogP contribution in [-0.4, -0.2) is 17.3 Å². The summed E-state index contributed by atoms with van der Waals surface area (Å²) < 4.78 is 0. The number of nitrogens with zero attached hydrogens (tertiary/aromatic N) is 1. The Morgan fingerprint density at radius 1 is 1.50 bits per heavy atom. The third kappa shape index (κ3) is 1.71. The fourth-order valence-electron chi connectivity index (χ4n) is 0.910. The summed E-state index contributed by atoms with van der Waals surface area (Å²) in [5.74, 6) is 0.153. The monoisotopic (exact) mass is 182 g/mol. The highest BCUT2D eigenvalue weighted by molar-refractivity contribution is 7.98. The Hall–Kier alpha value is -1.16.